The maximum Gasteiger partial charge on any atom is 0.242 e. The van der Waals surface area contributed by atoms with Crippen LogP contribution in [-0.2, 0) is 11.2 Å². The minimum absolute atomic E-state index is 0.0161. The summed E-state index contributed by atoms with van der Waals surface area (Å²) in [6.45, 7) is 6.06. The molecular formula is C21H28N2O2. The molecule has 1 unspecified atom stereocenters. The smallest absolute Gasteiger partial charge is 0.242 e. The summed E-state index contributed by atoms with van der Waals surface area (Å²) in [4.78, 5) is 14.9. The predicted molar refractivity (Wildman–Crippen MR) is 102 cm³/mol. The molecule has 1 atom stereocenters. The van der Waals surface area contributed by atoms with Gasteiger partial charge in [0.05, 0.1) is 0 Å². The first-order valence-electron chi connectivity index (χ1n) is 8.51. The van der Waals surface area contributed by atoms with Crippen molar-refractivity contribution in [1.29, 1.82) is 0 Å². The highest BCUT2D eigenvalue weighted by molar-refractivity contribution is 5.83. The van der Waals surface area contributed by atoms with E-state index in [0.717, 1.165) is 11.1 Å². The van der Waals surface area contributed by atoms with Crippen molar-refractivity contribution in [2.24, 2.45) is 0 Å². The standard InChI is InChI=1S/C21H28N2O2/c1-15-6-10-17(11-7-15)19(23(4)5)20(25)22-21(2,3)14-16-8-12-18(24)13-9-16/h6-13,19,24H,14H2,1-5H3,(H,22,25). The van der Waals surface area contributed by atoms with E-state index >= 15 is 0 Å². The summed E-state index contributed by atoms with van der Waals surface area (Å²) in [6.07, 6.45) is 0.688. The molecule has 0 saturated carbocycles. The maximum atomic E-state index is 12.9. The number of carbonyl (C=O) groups is 1. The highest BCUT2D eigenvalue weighted by atomic mass is 16.3. The van der Waals surface area contributed by atoms with Gasteiger partial charge in [0.15, 0.2) is 0 Å². The van der Waals surface area contributed by atoms with E-state index in [4.69, 9.17) is 0 Å². The fraction of sp³-hybridized carbons (Fsp3) is 0.381. The van der Waals surface area contributed by atoms with E-state index in [2.05, 4.69) is 5.32 Å². The molecule has 2 aromatic carbocycles. The molecule has 0 spiro atoms. The van der Waals surface area contributed by atoms with Crippen molar-refractivity contribution in [3.8, 4) is 5.75 Å². The lowest BCUT2D eigenvalue weighted by Gasteiger charge is -2.31. The zero-order valence-corrected chi connectivity index (χ0v) is 15.7. The van der Waals surface area contributed by atoms with Crippen molar-refractivity contribution < 1.29 is 9.90 Å². The molecule has 4 heteroatoms. The van der Waals surface area contributed by atoms with Crippen molar-refractivity contribution >= 4 is 5.91 Å². The number of phenolic OH excluding ortho intramolecular Hbond substituents is 1. The van der Waals surface area contributed by atoms with Crippen LogP contribution < -0.4 is 5.32 Å². The van der Waals surface area contributed by atoms with Crippen LogP contribution in [0.3, 0.4) is 0 Å². The van der Waals surface area contributed by atoms with Crippen LogP contribution in [0.1, 0.15) is 36.6 Å². The monoisotopic (exact) mass is 340 g/mol. The summed E-state index contributed by atoms with van der Waals surface area (Å²) >= 11 is 0. The van der Waals surface area contributed by atoms with Crippen LogP contribution in [0.4, 0.5) is 0 Å². The molecule has 4 nitrogen and oxygen atoms in total. The first kappa shape index (κ1) is 19.0. The molecule has 134 valence electrons. The predicted octanol–water partition coefficient (Wildman–Crippen LogP) is 3.44. The number of likely N-dealkylation sites (N-methyl/N-ethyl adjacent to an activating group) is 1. The third kappa shape index (κ3) is 5.33. The van der Waals surface area contributed by atoms with Gasteiger partial charge in [0.1, 0.15) is 11.8 Å². The molecule has 1 amide bonds. The SMILES string of the molecule is Cc1ccc(C(C(=O)NC(C)(C)Cc2ccc(O)cc2)N(C)C)cc1. The number of phenols is 1. The van der Waals surface area contributed by atoms with E-state index in [1.54, 1.807) is 12.1 Å². The van der Waals surface area contributed by atoms with E-state index < -0.39 is 5.54 Å². The third-order valence-electron chi connectivity index (χ3n) is 4.20. The number of hydrogen-bond acceptors (Lipinski definition) is 3. The number of nitrogens with zero attached hydrogens (tertiary/aromatic N) is 1. The Bertz CT molecular complexity index is 704. The number of carbonyl (C=O) groups excluding carboxylic acids is 1. The van der Waals surface area contributed by atoms with Crippen LogP contribution in [0.15, 0.2) is 48.5 Å². The topological polar surface area (TPSA) is 52.6 Å². The van der Waals surface area contributed by atoms with E-state index in [0.29, 0.717) is 6.42 Å². The molecule has 2 aromatic rings. The molecule has 25 heavy (non-hydrogen) atoms. The van der Waals surface area contributed by atoms with Crippen LogP contribution in [0.2, 0.25) is 0 Å². The van der Waals surface area contributed by atoms with Gasteiger partial charge in [0, 0.05) is 5.54 Å². The van der Waals surface area contributed by atoms with Gasteiger partial charge in [-0.1, -0.05) is 42.0 Å². The molecular weight excluding hydrogens is 312 g/mol. The summed E-state index contributed by atoms with van der Waals surface area (Å²) in [7, 11) is 3.83. The van der Waals surface area contributed by atoms with Crippen LogP contribution in [0.5, 0.6) is 5.75 Å². The zero-order valence-electron chi connectivity index (χ0n) is 15.7. The lowest BCUT2D eigenvalue weighted by molar-refractivity contribution is -0.127. The van der Waals surface area contributed by atoms with Crippen molar-refractivity contribution in [3.63, 3.8) is 0 Å². The van der Waals surface area contributed by atoms with Gasteiger partial charge in [0.2, 0.25) is 5.91 Å². The van der Waals surface area contributed by atoms with E-state index in [9.17, 15) is 9.90 Å². The maximum absolute atomic E-state index is 12.9. The second-order valence-electron chi connectivity index (χ2n) is 7.49. The molecule has 0 saturated heterocycles. The summed E-state index contributed by atoms with van der Waals surface area (Å²) in [5.41, 5.74) is 2.83. The molecule has 2 rings (SSSR count). The molecule has 0 aromatic heterocycles. The van der Waals surface area contributed by atoms with Gasteiger partial charge in [-0.15, -0.1) is 0 Å². The lowest BCUT2D eigenvalue weighted by atomic mass is 9.93. The minimum Gasteiger partial charge on any atom is -0.508 e. The number of aryl methyl sites for hydroxylation is 1. The molecule has 0 aliphatic carbocycles. The highest BCUT2D eigenvalue weighted by Crippen LogP contribution is 2.22. The van der Waals surface area contributed by atoms with Gasteiger partial charge < -0.3 is 10.4 Å². The first-order valence-corrected chi connectivity index (χ1v) is 8.51. The van der Waals surface area contributed by atoms with Crippen molar-refractivity contribution in [2.75, 3.05) is 14.1 Å². The molecule has 0 bridgehead atoms. The second kappa shape index (κ2) is 7.70. The van der Waals surface area contributed by atoms with E-state index in [1.807, 2.05) is 76.2 Å². The number of benzene rings is 2. The molecule has 0 aliphatic heterocycles. The van der Waals surface area contributed by atoms with Crippen molar-refractivity contribution in [3.05, 3.63) is 65.2 Å². The van der Waals surface area contributed by atoms with Crippen LogP contribution in [-0.4, -0.2) is 35.5 Å². The number of amides is 1. The quantitative estimate of drug-likeness (QED) is 0.847. The largest absolute Gasteiger partial charge is 0.508 e. The summed E-state index contributed by atoms with van der Waals surface area (Å²) < 4.78 is 0. The molecule has 0 fully saturated rings. The average Bonchev–Trinajstić information content (AvgIpc) is 2.50. The van der Waals surface area contributed by atoms with Crippen molar-refractivity contribution in [1.82, 2.24) is 10.2 Å². The Kier molecular flexibility index (Phi) is 5.85. The number of rotatable bonds is 6. The summed E-state index contributed by atoms with van der Waals surface area (Å²) in [5.74, 6) is 0.232. The molecule has 0 aliphatic rings. The Labute approximate surface area is 150 Å². The van der Waals surface area contributed by atoms with Gasteiger partial charge in [-0.05, 0) is 64.5 Å². The van der Waals surface area contributed by atoms with Crippen LogP contribution in [0.25, 0.3) is 0 Å². The minimum atomic E-state index is -0.396. The van der Waals surface area contributed by atoms with Gasteiger partial charge in [-0.25, -0.2) is 0 Å². The molecule has 0 heterocycles. The fourth-order valence-electron chi connectivity index (χ4n) is 3.00. The Morgan fingerprint density at radius 1 is 1.08 bits per heavy atom. The fourth-order valence-corrected chi connectivity index (χ4v) is 3.00. The van der Waals surface area contributed by atoms with Crippen molar-refractivity contribution in [2.45, 2.75) is 38.8 Å². The van der Waals surface area contributed by atoms with Crippen LogP contribution >= 0.6 is 0 Å². The Balaban J connectivity index is 2.13. The average molecular weight is 340 g/mol. The number of aromatic hydroxyl groups is 1. The molecule has 0 radical (unpaired) electrons. The number of nitrogens with one attached hydrogen (secondary N) is 1. The Morgan fingerprint density at radius 3 is 2.16 bits per heavy atom. The summed E-state index contributed by atoms with van der Waals surface area (Å²) in [6, 6.07) is 14.8. The normalized spacial score (nSPS) is 12.9. The molecule has 2 N–H and O–H groups in total. The lowest BCUT2D eigenvalue weighted by Crippen LogP contribution is -2.49. The van der Waals surface area contributed by atoms with Gasteiger partial charge in [-0.3, -0.25) is 9.69 Å². The second-order valence-corrected chi connectivity index (χ2v) is 7.49. The summed E-state index contributed by atoms with van der Waals surface area (Å²) in [5, 5.41) is 12.6. The number of hydrogen-bond donors (Lipinski definition) is 2. The zero-order chi connectivity index (χ0) is 18.6. The Hall–Kier alpha value is -2.33. The van der Waals surface area contributed by atoms with Gasteiger partial charge in [0.25, 0.3) is 0 Å². The van der Waals surface area contributed by atoms with Crippen LogP contribution in [0, 0.1) is 6.92 Å². The van der Waals surface area contributed by atoms with E-state index in [1.165, 1.54) is 5.56 Å². The Morgan fingerprint density at radius 2 is 1.64 bits per heavy atom. The van der Waals surface area contributed by atoms with Gasteiger partial charge in [-0.2, -0.15) is 0 Å². The van der Waals surface area contributed by atoms with E-state index in [-0.39, 0.29) is 17.7 Å². The van der Waals surface area contributed by atoms with Gasteiger partial charge >= 0.3 is 0 Å². The highest BCUT2D eigenvalue weighted by Gasteiger charge is 2.28. The first-order chi connectivity index (χ1) is 11.7. The third-order valence-corrected chi connectivity index (χ3v) is 4.20.